The molecule has 4 aliphatic heterocycles. The SMILES string of the molecule is CC1CN(Cc2cc(F)cc(F)c2)CC1C1=NC2=CN(C3CCOCC3)CN2C(=O)N1. The highest BCUT2D eigenvalue weighted by atomic mass is 19.1. The number of carbonyl (C=O) groups is 1. The van der Waals surface area contributed by atoms with E-state index in [2.05, 4.69) is 22.0 Å². The Kier molecular flexibility index (Phi) is 5.39. The first-order valence-electron chi connectivity index (χ1n) is 10.9. The maximum absolute atomic E-state index is 13.5. The van der Waals surface area contributed by atoms with Crippen LogP contribution in [0.4, 0.5) is 13.6 Å². The van der Waals surface area contributed by atoms with Crippen molar-refractivity contribution in [2.45, 2.75) is 32.4 Å². The Morgan fingerprint density at radius 1 is 1.16 bits per heavy atom. The Morgan fingerprint density at radius 2 is 1.90 bits per heavy atom. The molecule has 0 saturated carbocycles. The number of nitrogens with one attached hydrogen (secondary N) is 1. The van der Waals surface area contributed by atoms with Gasteiger partial charge in [0.2, 0.25) is 0 Å². The number of benzene rings is 1. The van der Waals surface area contributed by atoms with Crippen molar-refractivity contribution >= 4 is 11.9 Å². The summed E-state index contributed by atoms with van der Waals surface area (Å²) >= 11 is 0. The zero-order valence-electron chi connectivity index (χ0n) is 17.6. The zero-order chi connectivity index (χ0) is 21.5. The summed E-state index contributed by atoms with van der Waals surface area (Å²) in [6, 6.07) is 3.84. The third-order valence-corrected chi connectivity index (χ3v) is 6.61. The lowest BCUT2D eigenvalue weighted by molar-refractivity contribution is 0.0459. The number of fused-ring (bicyclic) bond motifs is 1. The maximum atomic E-state index is 13.5. The molecule has 7 nitrogen and oxygen atoms in total. The number of halogens is 2. The number of carbonyl (C=O) groups excluding carboxylic acids is 1. The Labute approximate surface area is 180 Å². The van der Waals surface area contributed by atoms with Gasteiger partial charge in [-0.05, 0) is 36.5 Å². The van der Waals surface area contributed by atoms with Crippen LogP contribution in [0.2, 0.25) is 0 Å². The van der Waals surface area contributed by atoms with Crippen molar-refractivity contribution in [1.82, 2.24) is 20.0 Å². The van der Waals surface area contributed by atoms with Crippen LogP contribution in [-0.4, -0.2) is 65.6 Å². The average molecular weight is 431 g/mol. The molecular formula is C22H27F2N5O2. The van der Waals surface area contributed by atoms with Crippen LogP contribution in [0.25, 0.3) is 0 Å². The summed E-state index contributed by atoms with van der Waals surface area (Å²) in [6.07, 6.45) is 3.89. The van der Waals surface area contributed by atoms with Gasteiger partial charge < -0.3 is 9.64 Å². The molecule has 4 aliphatic rings. The van der Waals surface area contributed by atoms with Crippen molar-refractivity contribution in [3.8, 4) is 0 Å². The van der Waals surface area contributed by atoms with E-state index in [0.717, 1.165) is 38.7 Å². The molecule has 1 aromatic rings. The van der Waals surface area contributed by atoms with Crippen LogP contribution in [-0.2, 0) is 11.3 Å². The van der Waals surface area contributed by atoms with Crippen LogP contribution >= 0.6 is 0 Å². The van der Waals surface area contributed by atoms with Crippen LogP contribution in [0, 0.1) is 23.5 Å². The van der Waals surface area contributed by atoms with Gasteiger partial charge in [0.05, 0.1) is 0 Å². The summed E-state index contributed by atoms with van der Waals surface area (Å²) in [4.78, 5) is 23.6. The summed E-state index contributed by atoms with van der Waals surface area (Å²) in [5.74, 6) is 0.556. The van der Waals surface area contributed by atoms with Crippen LogP contribution in [0.5, 0.6) is 0 Å². The number of hydrogen-bond acceptors (Lipinski definition) is 5. The van der Waals surface area contributed by atoms with Gasteiger partial charge in [0.1, 0.15) is 24.1 Å². The van der Waals surface area contributed by atoms with E-state index in [1.807, 2.05) is 6.20 Å². The molecule has 0 spiro atoms. The molecule has 1 N–H and O–H groups in total. The number of amides is 2. The molecule has 0 aromatic heterocycles. The molecule has 0 aliphatic carbocycles. The molecule has 0 radical (unpaired) electrons. The minimum Gasteiger partial charge on any atom is -0.381 e. The van der Waals surface area contributed by atoms with Gasteiger partial charge in [-0.3, -0.25) is 15.1 Å². The normalized spacial score (nSPS) is 27.3. The number of amidine groups is 1. The van der Waals surface area contributed by atoms with Crippen molar-refractivity contribution in [3.05, 3.63) is 47.4 Å². The smallest absolute Gasteiger partial charge is 0.329 e. The minimum absolute atomic E-state index is 0.0579. The van der Waals surface area contributed by atoms with Gasteiger partial charge in [-0.2, -0.15) is 0 Å². The second kappa shape index (κ2) is 8.20. The molecule has 9 heteroatoms. The molecule has 31 heavy (non-hydrogen) atoms. The van der Waals surface area contributed by atoms with Crippen molar-refractivity contribution in [1.29, 1.82) is 0 Å². The highest BCUT2D eigenvalue weighted by Crippen LogP contribution is 2.30. The first-order valence-corrected chi connectivity index (χ1v) is 10.9. The summed E-state index contributed by atoms with van der Waals surface area (Å²) in [7, 11) is 0. The average Bonchev–Trinajstić information content (AvgIpc) is 3.31. The molecule has 4 heterocycles. The lowest BCUT2D eigenvalue weighted by Gasteiger charge is -2.32. The monoisotopic (exact) mass is 431 g/mol. The van der Waals surface area contributed by atoms with E-state index in [9.17, 15) is 13.6 Å². The number of rotatable bonds is 4. The van der Waals surface area contributed by atoms with Crippen molar-refractivity contribution in [2.75, 3.05) is 33.0 Å². The second-order valence-corrected chi connectivity index (χ2v) is 8.90. The molecular weight excluding hydrogens is 404 g/mol. The predicted octanol–water partition coefficient (Wildman–Crippen LogP) is 2.71. The molecule has 5 rings (SSSR count). The van der Waals surface area contributed by atoms with E-state index in [0.29, 0.717) is 43.0 Å². The quantitative estimate of drug-likeness (QED) is 0.797. The van der Waals surface area contributed by atoms with Crippen LogP contribution in [0.3, 0.4) is 0 Å². The van der Waals surface area contributed by atoms with E-state index < -0.39 is 11.6 Å². The summed E-state index contributed by atoms with van der Waals surface area (Å²) in [6.45, 7) is 6.04. The third-order valence-electron chi connectivity index (χ3n) is 6.61. The van der Waals surface area contributed by atoms with Crippen LogP contribution < -0.4 is 5.32 Å². The van der Waals surface area contributed by atoms with Crippen molar-refractivity contribution < 1.29 is 18.3 Å². The number of ether oxygens (including phenoxy) is 1. The third kappa shape index (κ3) is 4.16. The highest BCUT2D eigenvalue weighted by Gasteiger charge is 2.40. The predicted molar refractivity (Wildman–Crippen MR) is 111 cm³/mol. The number of urea groups is 1. The molecule has 2 fully saturated rings. The summed E-state index contributed by atoms with van der Waals surface area (Å²) in [5.41, 5.74) is 0.608. The minimum atomic E-state index is -0.565. The standard InChI is InChI=1S/C22H27F2N5O2/c1-14-9-27(10-15-6-16(23)8-17(24)7-15)11-19(14)21-25-20-12-28(13-29(20)22(30)26-21)18-2-4-31-5-3-18/h6-8,12,14,18-19H,2-5,9-11,13H2,1H3,(H,25,26,30). The number of nitrogens with zero attached hydrogens (tertiary/aromatic N) is 4. The Balaban J connectivity index is 1.30. The van der Waals surface area contributed by atoms with Crippen LogP contribution in [0.15, 0.2) is 35.2 Å². The lowest BCUT2D eigenvalue weighted by atomic mass is 9.96. The molecule has 166 valence electrons. The van der Waals surface area contributed by atoms with Crippen molar-refractivity contribution in [3.63, 3.8) is 0 Å². The highest BCUT2D eigenvalue weighted by molar-refractivity contribution is 6.02. The van der Waals surface area contributed by atoms with E-state index >= 15 is 0 Å². The topological polar surface area (TPSA) is 60.4 Å². The zero-order valence-corrected chi connectivity index (χ0v) is 17.6. The van der Waals surface area contributed by atoms with Crippen LogP contribution in [0.1, 0.15) is 25.3 Å². The molecule has 2 saturated heterocycles. The molecule has 1 aromatic carbocycles. The molecule has 0 bridgehead atoms. The van der Waals surface area contributed by atoms with Gasteiger partial charge >= 0.3 is 6.03 Å². The van der Waals surface area contributed by atoms with E-state index in [1.54, 1.807) is 4.90 Å². The molecule has 2 atom stereocenters. The van der Waals surface area contributed by atoms with E-state index in [1.165, 1.54) is 12.1 Å². The fraction of sp³-hybridized carbons (Fsp3) is 0.545. The molecule has 2 unspecified atom stereocenters. The fourth-order valence-electron chi connectivity index (χ4n) is 5.01. The maximum Gasteiger partial charge on any atom is 0.329 e. The van der Waals surface area contributed by atoms with E-state index in [-0.39, 0.29) is 17.9 Å². The van der Waals surface area contributed by atoms with Gasteiger partial charge in [-0.25, -0.2) is 18.6 Å². The summed E-state index contributed by atoms with van der Waals surface area (Å²) in [5, 5.41) is 2.98. The Bertz CT molecular complexity index is 910. The Hall–Kier alpha value is -2.52. The van der Waals surface area contributed by atoms with Gasteiger partial charge in [0.15, 0.2) is 5.82 Å². The molecule has 2 amide bonds. The van der Waals surface area contributed by atoms with Gasteiger partial charge in [-0.1, -0.05) is 6.92 Å². The van der Waals surface area contributed by atoms with Gasteiger partial charge in [-0.15, -0.1) is 0 Å². The number of hydrogen-bond donors (Lipinski definition) is 1. The first kappa shape index (κ1) is 20.4. The van der Waals surface area contributed by atoms with Crippen molar-refractivity contribution in [2.24, 2.45) is 16.8 Å². The van der Waals surface area contributed by atoms with Gasteiger partial charge in [0, 0.05) is 57.1 Å². The first-order chi connectivity index (χ1) is 15.0. The summed E-state index contributed by atoms with van der Waals surface area (Å²) < 4.78 is 32.5. The lowest BCUT2D eigenvalue weighted by Crippen LogP contribution is -2.50. The fourth-order valence-corrected chi connectivity index (χ4v) is 5.01. The largest absolute Gasteiger partial charge is 0.381 e. The second-order valence-electron chi connectivity index (χ2n) is 8.90. The Morgan fingerprint density at radius 3 is 2.65 bits per heavy atom. The number of aliphatic imine (C=N–C) groups is 1. The van der Waals surface area contributed by atoms with Gasteiger partial charge in [0.25, 0.3) is 0 Å². The number of likely N-dealkylation sites (tertiary alicyclic amines) is 1. The van der Waals surface area contributed by atoms with E-state index in [4.69, 9.17) is 9.73 Å².